The molecule has 128 valence electrons. The lowest BCUT2D eigenvalue weighted by Gasteiger charge is -2.08. The van der Waals surface area contributed by atoms with Crippen molar-refractivity contribution in [1.82, 2.24) is 9.78 Å². The molecular formula is C21H23N3O. The van der Waals surface area contributed by atoms with Gasteiger partial charge in [0.15, 0.2) is 0 Å². The molecule has 0 unspecified atom stereocenters. The molecule has 0 saturated heterocycles. The van der Waals surface area contributed by atoms with E-state index in [2.05, 4.69) is 29.5 Å². The molecule has 0 saturated carbocycles. The van der Waals surface area contributed by atoms with E-state index in [0.717, 1.165) is 35.6 Å². The SMILES string of the molecule is CCCc1ccc(NC(=O)c2c(C)nn(-c3ccccc3)c2C)cc1. The summed E-state index contributed by atoms with van der Waals surface area (Å²) in [5.74, 6) is -0.125. The summed E-state index contributed by atoms with van der Waals surface area (Å²) in [6.07, 6.45) is 2.17. The van der Waals surface area contributed by atoms with Gasteiger partial charge in [-0.3, -0.25) is 4.79 Å². The van der Waals surface area contributed by atoms with Gasteiger partial charge in [-0.1, -0.05) is 43.7 Å². The highest BCUT2D eigenvalue weighted by Gasteiger charge is 2.19. The van der Waals surface area contributed by atoms with Gasteiger partial charge < -0.3 is 5.32 Å². The highest BCUT2D eigenvalue weighted by Crippen LogP contribution is 2.20. The molecule has 1 heterocycles. The van der Waals surface area contributed by atoms with Crippen molar-refractivity contribution >= 4 is 11.6 Å². The maximum atomic E-state index is 12.7. The highest BCUT2D eigenvalue weighted by molar-refractivity contribution is 6.05. The van der Waals surface area contributed by atoms with Gasteiger partial charge in [-0.2, -0.15) is 5.10 Å². The molecule has 1 amide bonds. The van der Waals surface area contributed by atoms with Gasteiger partial charge in [-0.25, -0.2) is 4.68 Å². The number of hydrogen-bond acceptors (Lipinski definition) is 2. The van der Waals surface area contributed by atoms with Gasteiger partial charge in [-0.05, 0) is 50.1 Å². The number of rotatable bonds is 5. The third-order valence-electron chi connectivity index (χ3n) is 4.27. The van der Waals surface area contributed by atoms with Gasteiger partial charge >= 0.3 is 0 Å². The van der Waals surface area contributed by atoms with E-state index < -0.39 is 0 Å². The van der Waals surface area contributed by atoms with Crippen LogP contribution in [0.1, 0.15) is 40.7 Å². The molecule has 2 aromatic carbocycles. The van der Waals surface area contributed by atoms with Crippen LogP contribution in [0.5, 0.6) is 0 Å². The van der Waals surface area contributed by atoms with E-state index in [4.69, 9.17) is 0 Å². The lowest BCUT2D eigenvalue weighted by atomic mass is 10.1. The Kier molecular flexibility index (Phi) is 4.98. The second kappa shape index (κ2) is 7.34. The number of carbonyl (C=O) groups is 1. The number of aryl methyl sites for hydroxylation is 2. The molecule has 1 N–H and O–H groups in total. The zero-order valence-electron chi connectivity index (χ0n) is 14.9. The molecule has 0 aliphatic heterocycles. The average Bonchev–Trinajstić information content (AvgIpc) is 2.92. The van der Waals surface area contributed by atoms with Crippen LogP contribution in [-0.2, 0) is 6.42 Å². The molecule has 0 aliphatic rings. The van der Waals surface area contributed by atoms with E-state index >= 15 is 0 Å². The fourth-order valence-corrected chi connectivity index (χ4v) is 3.03. The molecule has 0 aliphatic carbocycles. The molecule has 1 aromatic heterocycles. The Hall–Kier alpha value is -2.88. The summed E-state index contributed by atoms with van der Waals surface area (Å²) in [7, 11) is 0. The topological polar surface area (TPSA) is 46.9 Å². The molecule has 3 aromatic rings. The minimum atomic E-state index is -0.125. The number of anilines is 1. The third-order valence-corrected chi connectivity index (χ3v) is 4.27. The van der Waals surface area contributed by atoms with Crippen LogP contribution in [0.25, 0.3) is 5.69 Å². The Morgan fingerprint density at radius 3 is 2.36 bits per heavy atom. The minimum absolute atomic E-state index is 0.125. The van der Waals surface area contributed by atoms with Crippen LogP contribution >= 0.6 is 0 Å². The Morgan fingerprint density at radius 1 is 1.04 bits per heavy atom. The van der Waals surface area contributed by atoms with Crippen molar-refractivity contribution in [3.63, 3.8) is 0 Å². The van der Waals surface area contributed by atoms with Crippen LogP contribution < -0.4 is 5.32 Å². The first-order chi connectivity index (χ1) is 12.1. The molecule has 3 rings (SSSR count). The van der Waals surface area contributed by atoms with Gasteiger partial charge in [0.25, 0.3) is 5.91 Å². The van der Waals surface area contributed by atoms with Crippen molar-refractivity contribution < 1.29 is 4.79 Å². The molecule has 4 heteroatoms. The molecule has 0 atom stereocenters. The van der Waals surface area contributed by atoms with E-state index in [1.165, 1.54) is 5.56 Å². The summed E-state index contributed by atoms with van der Waals surface area (Å²) < 4.78 is 1.81. The van der Waals surface area contributed by atoms with Crippen LogP contribution in [0.2, 0.25) is 0 Å². The van der Waals surface area contributed by atoms with Crippen LogP contribution in [0, 0.1) is 13.8 Å². The lowest BCUT2D eigenvalue weighted by Crippen LogP contribution is -2.14. The van der Waals surface area contributed by atoms with E-state index in [1.54, 1.807) is 0 Å². The van der Waals surface area contributed by atoms with Crippen molar-refractivity contribution in [2.75, 3.05) is 5.32 Å². The molecule has 0 spiro atoms. The van der Waals surface area contributed by atoms with Crippen molar-refractivity contribution in [3.05, 3.63) is 77.1 Å². The maximum Gasteiger partial charge on any atom is 0.259 e. The number of nitrogens with zero attached hydrogens (tertiary/aromatic N) is 2. The molecule has 4 nitrogen and oxygen atoms in total. The van der Waals surface area contributed by atoms with E-state index in [1.807, 2.05) is 61.0 Å². The number of para-hydroxylation sites is 1. The quantitative estimate of drug-likeness (QED) is 0.736. The maximum absolute atomic E-state index is 12.7. The number of hydrogen-bond donors (Lipinski definition) is 1. The summed E-state index contributed by atoms with van der Waals surface area (Å²) in [6, 6.07) is 17.9. The molecular weight excluding hydrogens is 310 g/mol. The van der Waals surface area contributed by atoms with Gasteiger partial charge in [0, 0.05) is 5.69 Å². The monoisotopic (exact) mass is 333 g/mol. The second-order valence-electron chi connectivity index (χ2n) is 6.19. The predicted octanol–water partition coefficient (Wildman–Crippen LogP) is 4.69. The summed E-state index contributed by atoms with van der Waals surface area (Å²) in [4.78, 5) is 12.7. The Morgan fingerprint density at radius 2 is 1.72 bits per heavy atom. The van der Waals surface area contributed by atoms with Crippen molar-refractivity contribution in [2.45, 2.75) is 33.6 Å². The lowest BCUT2D eigenvalue weighted by molar-refractivity contribution is 0.102. The van der Waals surface area contributed by atoms with Crippen LogP contribution in [0.15, 0.2) is 54.6 Å². The Balaban J connectivity index is 1.84. The fraction of sp³-hybridized carbons (Fsp3) is 0.238. The van der Waals surface area contributed by atoms with Gasteiger partial charge in [0.2, 0.25) is 0 Å². The van der Waals surface area contributed by atoms with Crippen LogP contribution in [0.3, 0.4) is 0 Å². The summed E-state index contributed by atoms with van der Waals surface area (Å²) in [5, 5.41) is 7.52. The standard InChI is InChI=1S/C21H23N3O/c1-4-8-17-11-13-18(14-12-17)22-21(25)20-15(2)23-24(16(20)3)19-9-6-5-7-10-19/h5-7,9-14H,4,8H2,1-3H3,(H,22,25). The van der Waals surface area contributed by atoms with Gasteiger partial charge in [0.1, 0.15) is 0 Å². The molecule has 0 radical (unpaired) electrons. The van der Waals surface area contributed by atoms with Gasteiger partial charge in [-0.15, -0.1) is 0 Å². The Labute approximate surface area is 148 Å². The largest absolute Gasteiger partial charge is 0.322 e. The summed E-state index contributed by atoms with van der Waals surface area (Å²) >= 11 is 0. The third kappa shape index (κ3) is 3.63. The molecule has 0 fully saturated rings. The highest BCUT2D eigenvalue weighted by atomic mass is 16.1. The van der Waals surface area contributed by atoms with Crippen molar-refractivity contribution in [3.8, 4) is 5.69 Å². The number of benzene rings is 2. The second-order valence-corrected chi connectivity index (χ2v) is 6.19. The number of aromatic nitrogens is 2. The summed E-state index contributed by atoms with van der Waals surface area (Å²) in [5.41, 5.74) is 5.22. The first kappa shape index (κ1) is 17.0. The number of carbonyl (C=O) groups excluding carboxylic acids is 1. The number of nitrogens with one attached hydrogen (secondary N) is 1. The smallest absolute Gasteiger partial charge is 0.259 e. The average molecular weight is 333 g/mol. The molecule has 25 heavy (non-hydrogen) atoms. The number of amides is 1. The van der Waals surface area contributed by atoms with Crippen molar-refractivity contribution in [2.24, 2.45) is 0 Å². The first-order valence-electron chi connectivity index (χ1n) is 8.62. The first-order valence-corrected chi connectivity index (χ1v) is 8.62. The van der Waals surface area contributed by atoms with E-state index in [-0.39, 0.29) is 5.91 Å². The zero-order valence-corrected chi connectivity index (χ0v) is 14.9. The van der Waals surface area contributed by atoms with Gasteiger partial charge in [0.05, 0.1) is 22.6 Å². The normalized spacial score (nSPS) is 10.7. The van der Waals surface area contributed by atoms with Crippen molar-refractivity contribution in [1.29, 1.82) is 0 Å². The van der Waals surface area contributed by atoms with E-state index in [9.17, 15) is 4.79 Å². The molecule has 0 bridgehead atoms. The van der Waals surface area contributed by atoms with Crippen LogP contribution in [0.4, 0.5) is 5.69 Å². The van der Waals surface area contributed by atoms with E-state index in [0.29, 0.717) is 5.56 Å². The fourth-order valence-electron chi connectivity index (χ4n) is 3.03. The van der Waals surface area contributed by atoms with Crippen LogP contribution in [-0.4, -0.2) is 15.7 Å². The zero-order chi connectivity index (χ0) is 17.8. The Bertz CT molecular complexity index is 864. The minimum Gasteiger partial charge on any atom is -0.322 e. The predicted molar refractivity (Wildman–Crippen MR) is 101 cm³/mol. The summed E-state index contributed by atoms with van der Waals surface area (Å²) in [6.45, 7) is 5.95.